The second kappa shape index (κ2) is 8.90. The molecule has 0 bridgehead atoms. The Morgan fingerprint density at radius 1 is 0.947 bits per heavy atom. The molecule has 6 heteroatoms. The van der Waals surface area contributed by atoms with Crippen LogP contribution in [0.3, 0.4) is 0 Å². The molecule has 1 aliphatic heterocycles. The number of aliphatic hydroxyl groups excluding tert-OH is 1. The van der Waals surface area contributed by atoms with E-state index < -0.39 is 5.60 Å². The third-order valence-electron chi connectivity index (χ3n) is 13.8. The van der Waals surface area contributed by atoms with Crippen molar-refractivity contribution < 1.29 is 19.7 Å². The largest absolute Gasteiger partial charge is 0.393 e. The summed E-state index contributed by atoms with van der Waals surface area (Å²) in [6, 6.07) is 0.150. The third-order valence-corrected chi connectivity index (χ3v) is 13.8. The highest BCUT2D eigenvalue weighted by Gasteiger charge is 2.72. The Morgan fingerprint density at radius 2 is 1.61 bits per heavy atom. The summed E-state index contributed by atoms with van der Waals surface area (Å²) in [6.45, 7) is 18.3. The van der Waals surface area contributed by atoms with Crippen LogP contribution >= 0.6 is 0 Å². The molecule has 1 amide bonds. The normalized spacial score (nSPS) is 52.1. The summed E-state index contributed by atoms with van der Waals surface area (Å²) >= 11 is 0. The van der Waals surface area contributed by atoms with Crippen LogP contribution in [-0.2, 0) is 9.53 Å². The molecular formula is C32H56N2O4. The summed E-state index contributed by atoms with van der Waals surface area (Å²) in [6.07, 6.45) is 8.85. The molecule has 1 heterocycles. The predicted octanol–water partition coefficient (Wildman–Crippen LogP) is 4.79. The molecule has 0 aromatic carbocycles. The number of hydrogen-bond acceptors (Lipinski definition) is 5. The quantitative estimate of drug-likeness (QED) is 0.417. The standard InChI is InChI=1S/C32H56N2O4/c1-27(2)21-10-15-30(6)22(29(21,5)13-11-23(27)34-25(36)18-33)17-20(35)26-19(9-14-31(26,30)7)32(8)16-12-24(38-32)28(3,4)37/h19-24,26,35,37H,9-18,33H2,1-8H3,(H,34,36)/t19-,20+,21-,22+,23-,24-,26-,29-,30+,31+,32-/m0/s1. The van der Waals surface area contributed by atoms with E-state index >= 15 is 0 Å². The Balaban J connectivity index is 1.44. The molecule has 1 saturated heterocycles. The van der Waals surface area contributed by atoms with Crippen molar-refractivity contribution in [3.8, 4) is 0 Å². The minimum absolute atomic E-state index is 0.0165. The van der Waals surface area contributed by atoms with Gasteiger partial charge in [0, 0.05) is 6.04 Å². The van der Waals surface area contributed by atoms with Gasteiger partial charge in [0.25, 0.3) is 0 Å². The lowest BCUT2D eigenvalue weighted by molar-refractivity contribution is -0.240. The number of rotatable bonds is 4. The van der Waals surface area contributed by atoms with E-state index in [9.17, 15) is 15.0 Å². The summed E-state index contributed by atoms with van der Waals surface area (Å²) in [5.74, 6) is 1.44. The number of carbonyl (C=O) groups is 1. The molecule has 5 rings (SSSR count). The summed E-state index contributed by atoms with van der Waals surface area (Å²) in [5.41, 5.74) is 4.85. The van der Waals surface area contributed by atoms with E-state index in [4.69, 9.17) is 10.5 Å². The van der Waals surface area contributed by atoms with Gasteiger partial charge in [-0.3, -0.25) is 4.79 Å². The van der Waals surface area contributed by atoms with Crippen LogP contribution in [0, 0.1) is 45.3 Å². The Hall–Kier alpha value is -0.690. The zero-order chi connectivity index (χ0) is 28.1. The van der Waals surface area contributed by atoms with Crippen molar-refractivity contribution in [2.75, 3.05) is 6.54 Å². The van der Waals surface area contributed by atoms with E-state index in [1.54, 1.807) is 0 Å². The highest BCUT2D eigenvalue weighted by Crippen LogP contribution is 2.76. The fourth-order valence-electron chi connectivity index (χ4n) is 11.6. The summed E-state index contributed by atoms with van der Waals surface area (Å²) < 4.78 is 6.69. The van der Waals surface area contributed by atoms with Crippen LogP contribution in [0.4, 0.5) is 0 Å². The second-order valence-electron chi connectivity index (χ2n) is 16.3. The number of fused-ring (bicyclic) bond motifs is 5. The van der Waals surface area contributed by atoms with Crippen LogP contribution in [-0.4, -0.2) is 52.1 Å². The van der Waals surface area contributed by atoms with Crippen LogP contribution in [0.2, 0.25) is 0 Å². The number of hydrogen-bond donors (Lipinski definition) is 4. The Morgan fingerprint density at radius 3 is 2.21 bits per heavy atom. The molecule has 5 N–H and O–H groups in total. The minimum atomic E-state index is -0.843. The van der Waals surface area contributed by atoms with E-state index in [1.807, 2.05) is 13.8 Å². The van der Waals surface area contributed by atoms with Gasteiger partial charge in [0.1, 0.15) is 0 Å². The maximum atomic E-state index is 12.2. The summed E-state index contributed by atoms with van der Waals surface area (Å²) in [5, 5.41) is 26.0. The van der Waals surface area contributed by atoms with Gasteiger partial charge in [-0.05, 0) is 124 Å². The summed E-state index contributed by atoms with van der Waals surface area (Å²) in [7, 11) is 0. The SMILES string of the molecule is CC(C)(O)[C@@H]1CC[C@@](C)([C@H]2CC[C@]3(C)[C@@H]2[C@H](O)C[C@@H]2[C@@]4(C)CC[C@H](NC(=O)CN)C(C)(C)[C@@H]4CC[C@]23C)O1. The van der Waals surface area contributed by atoms with Crippen LogP contribution in [0.25, 0.3) is 0 Å². The molecule has 218 valence electrons. The molecule has 38 heavy (non-hydrogen) atoms. The smallest absolute Gasteiger partial charge is 0.233 e. The lowest BCUT2D eigenvalue weighted by atomic mass is 9.35. The molecule has 0 aromatic rings. The number of ether oxygens (including phenoxy) is 1. The van der Waals surface area contributed by atoms with Crippen molar-refractivity contribution >= 4 is 5.91 Å². The Bertz CT molecular complexity index is 946. The second-order valence-corrected chi connectivity index (χ2v) is 16.3. The van der Waals surface area contributed by atoms with Crippen molar-refractivity contribution in [3.05, 3.63) is 0 Å². The van der Waals surface area contributed by atoms with Crippen molar-refractivity contribution in [2.24, 2.45) is 51.1 Å². The molecule has 0 spiro atoms. The number of nitrogens with one attached hydrogen (secondary N) is 1. The molecule has 5 aliphatic rings. The van der Waals surface area contributed by atoms with Crippen molar-refractivity contribution in [3.63, 3.8) is 0 Å². The van der Waals surface area contributed by atoms with Gasteiger partial charge in [-0.1, -0.05) is 34.6 Å². The first kappa shape index (κ1) is 28.8. The first-order chi connectivity index (χ1) is 17.4. The summed E-state index contributed by atoms with van der Waals surface area (Å²) in [4.78, 5) is 12.2. The van der Waals surface area contributed by atoms with Crippen LogP contribution in [0.1, 0.15) is 113 Å². The fourth-order valence-corrected chi connectivity index (χ4v) is 11.6. The van der Waals surface area contributed by atoms with E-state index in [0.717, 1.165) is 44.9 Å². The number of carbonyl (C=O) groups excluding carboxylic acids is 1. The highest BCUT2D eigenvalue weighted by atomic mass is 16.5. The lowest BCUT2D eigenvalue weighted by Gasteiger charge is -2.71. The zero-order valence-corrected chi connectivity index (χ0v) is 25.4. The van der Waals surface area contributed by atoms with Crippen molar-refractivity contribution in [1.29, 1.82) is 0 Å². The average molecular weight is 533 g/mol. The fraction of sp³-hybridized carbons (Fsp3) is 0.969. The maximum absolute atomic E-state index is 12.2. The van der Waals surface area contributed by atoms with Gasteiger partial charge >= 0.3 is 0 Å². The van der Waals surface area contributed by atoms with Crippen LogP contribution < -0.4 is 11.1 Å². The Kier molecular flexibility index (Phi) is 6.75. The van der Waals surface area contributed by atoms with E-state index in [2.05, 4.69) is 46.9 Å². The van der Waals surface area contributed by atoms with Gasteiger partial charge in [-0.25, -0.2) is 0 Å². The minimum Gasteiger partial charge on any atom is -0.393 e. The first-order valence-electron chi connectivity index (χ1n) is 15.5. The van der Waals surface area contributed by atoms with Crippen LogP contribution in [0.15, 0.2) is 0 Å². The zero-order valence-electron chi connectivity index (χ0n) is 25.4. The van der Waals surface area contributed by atoms with Gasteiger partial charge < -0.3 is 26.0 Å². The van der Waals surface area contributed by atoms with Crippen molar-refractivity contribution in [1.82, 2.24) is 5.32 Å². The van der Waals surface area contributed by atoms with Crippen LogP contribution in [0.5, 0.6) is 0 Å². The molecule has 11 atom stereocenters. The van der Waals surface area contributed by atoms with E-state index in [-0.39, 0.29) is 63.9 Å². The average Bonchev–Trinajstić information content (AvgIpc) is 3.40. The van der Waals surface area contributed by atoms with E-state index in [0.29, 0.717) is 17.8 Å². The van der Waals surface area contributed by atoms with Gasteiger partial charge in [-0.15, -0.1) is 0 Å². The van der Waals surface area contributed by atoms with Gasteiger partial charge in [-0.2, -0.15) is 0 Å². The van der Waals surface area contributed by atoms with E-state index in [1.165, 1.54) is 12.8 Å². The molecule has 0 radical (unpaired) electrons. The first-order valence-corrected chi connectivity index (χ1v) is 15.5. The van der Waals surface area contributed by atoms with Crippen molar-refractivity contribution in [2.45, 2.75) is 143 Å². The molecule has 0 unspecified atom stereocenters. The number of aliphatic hydroxyl groups is 2. The molecular weight excluding hydrogens is 476 g/mol. The topological polar surface area (TPSA) is 105 Å². The van der Waals surface area contributed by atoms with Gasteiger partial charge in [0.05, 0.1) is 30.0 Å². The third kappa shape index (κ3) is 3.89. The number of nitrogens with two attached hydrogens (primary N) is 1. The van der Waals surface area contributed by atoms with Gasteiger partial charge in [0.2, 0.25) is 5.91 Å². The molecule has 0 aromatic heterocycles. The predicted molar refractivity (Wildman–Crippen MR) is 150 cm³/mol. The number of amides is 1. The highest BCUT2D eigenvalue weighted by molar-refractivity contribution is 5.78. The lowest BCUT2D eigenvalue weighted by Crippen LogP contribution is -2.67. The molecule has 4 aliphatic carbocycles. The molecule has 6 nitrogen and oxygen atoms in total. The monoisotopic (exact) mass is 532 g/mol. The molecule has 4 saturated carbocycles. The maximum Gasteiger partial charge on any atom is 0.233 e. The van der Waals surface area contributed by atoms with Gasteiger partial charge in [0.15, 0.2) is 0 Å². The molecule has 5 fully saturated rings. The Labute approximate surface area is 231 Å².